The van der Waals surface area contributed by atoms with Crippen LogP contribution in [0.5, 0.6) is 11.5 Å². The van der Waals surface area contributed by atoms with Gasteiger partial charge < -0.3 is 33.5 Å². The molecule has 0 aliphatic carbocycles. The van der Waals surface area contributed by atoms with E-state index in [2.05, 4.69) is 0 Å². The van der Waals surface area contributed by atoms with E-state index in [0.717, 1.165) is 0 Å². The second-order valence-electron chi connectivity index (χ2n) is 3.54. The monoisotopic (exact) mass is 356 g/mol. The fraction of sp³-hybridized carbons (Fsp3) is 0. The molecule has 0 heterocycles. The molecule has 2 aromatic carbocycles. The molecule has 0 saturated carbocycles. The third-order valence-electron chi connectivity index (χ3n) is 2.06. The Morgan fingerprint density at radius 1 is 0.700 bits per heavy atom. The molecule has 0 aliphatic heterocycles. The molecule has 0 radical (unpaired) electrons. The molecule has 0 saturated heterocycles. The van der Waals surface area contributed by atoms with Gasteiger partial charge in [-0.1, -0.05) is 0 Å². The van der Waals surface area contributed by atoms with Gasteiger partial charge in [0.1, 0.15) is 17.8 Å². The number of halogens is 2. The summed E-state index contributed by atoms with van der Waals surface area (Å²) < 4.78 is 36.2. The van der Waals surface area contributed by atoms with Gasteiger partial charge in [0.25, 0.3) is 0 Å². The van der Waals surface area contributed by atoms with Crippen molar-refractivity contribution in [3.05, 3.63) is 60.2 Å². The Bertz CT molecular complexity index is 503. The summed E-state index contributed by atoms with van der Waals surface area (Å²) >= 11 is 10.1. The van der Waals surface area contributed by atoms with Gasteiger partial charge in [0, 0.05) is 0 Å². The van der Waals surface area contributed by atoms with Gasteiger partial charge in [0.2, 0.25) is 0 Å². The summed E-state index contributed by atoms with van der Waals surface area (Å²) in [5.41, 5.74) is 0. The van der Waals surface area contributed by atoms with Gasteiger partial charge in [-0.2, -0.15) is 0 Å². The van der Waals surface area contributed by atoms with Crippen LogP contribution >= 0.6 is 6.12 Å². The Hall–Kier alpha value is 0.666. The van der Waals surface area contributed by atoms with E-state index in [4.69, 9.17) is 33.5 Å². The largest absolute Gasteiger partial charge is 1.00 e. The van der Waals surface area contributed by atoms with Crippen LogP contribution in [0.15, 0.2) is 48.5 Å². The van der Waals surface area contributed by atoms with Crippen LogP contribution in [0.25, 0.3) is 0 Å². The zero-order valence-corrected chi connectivity index (χ0v) is 16.1. The van der Waals surface area contributed by atoms with E-state index in [1.54, 1.807) is 0 Å². The molecular formula is C12H8F2KO2PS2. The van der Waals surface area contributed by atoms with Crippen LogP contribution in [0, 0.1) is 11.6 Å². The van der Waals surface area contributed by atoms with Crippen LogP contribution < -0.4 is 60.4 Å². The molecule has 0 N–H and O–H groups in total. The van der Waals surface area contributed by atoms with Gasteiger partial charge in [0.15, 0.2) is 11.5 Å². The molecule has 2 rings (SSSR count). The molecule has 2 aromatic rings. The van der Waals surface area contributed by atoms with Crippen molar-refractivity contribution < 1.29 is 69.2 Å². The van der Waals surface area contributed by atoms with Gasteiger partial charge in [-0.3, -0.25) is 0 Å². The van der Waals surface area contributed by atoms with Crippen LogP contribution in [-0.2, 0) is 24.5 Å². The Kier molecular flexibility index (Phi) is 7.80. The summed E-state index contributed by atoms with van der Waals surface area (Å²) in [5.74, 6) is -0.0994. The topological polar surface area (TPSA) is 18.5 Å². The summed E-state index contributed by atoms with van der Waals surface area (Å²) in [5, 5.41) is 0. The molecule has 0 aliphatic rings. The van der Waals surface area contributed by atoms with E-state index in [-0.39, 0.29) is 63.0 Å². The van der Waals surface area contributed by atoms with Crippen molar-refractivity contribution in [3.8, 4) is 11.5 Å². The molecule has 8 heteroatoms. The summed E-state index contributed by atoms with van der Waals surface area (Å²) in [6, 6.07) is 10.6. The standard InChI is InChI=1S/C12H9F2O2PS2.K/c13-9-1-5-11(6-2-9)15-17(18,19)16-12-7-3-10(14)4-8-12;/h1-8H,(H,18,19);/q;+1/p-1. The molecule has 0 spiro atoms. The zero-order chi connectivity index (χ0) is 13.9. The first-order chi connectivity index (χ1) is 8.94. The molecule has 0 aromatic heterocycles. The Labute approximate surface area is 169 Å². The minimum Gasteiger partial charge on any atom is -0.496 e. The second-order valence-corrected chi connectivity index (χ2v) is 8.37. The first kappa shape index (κ1) is 18.7. The first-order valence-electron chi connectivity index (χ1n) is 5.16. The number of benzene rings is 2. The van der Waals surface area contributed by atoms with Gasteiger partial charge in [-0.15, -0.1) is 0 Å². The SMILES string of the molecule is Fc1ccc(O[P+]([S-])([S-])Oc2ccc(F)cc2)cc1.[K+]. The van der Waals surface area contributed by atoms with Crippen LogP contribution in [0.4, 0.5) is 8.78 Å². The molecule has 0 fully saturated rings. The molecule has 0 amide bonds. The number of hydrogen-bond donors (Lipinski definition) is 0. The van der Waals surface area contributed by atoms with Crippen molar-refractivity contribution in [2.45, 2.75) is 0 Å². The fourth-order valence-electron chi connectivity index (χ4n) is 1.27. The third-order valence-corrected chi connectivity index (χ3v) is 3.82. The number of hydrogen-bond acceptors (Lipinski definition) is 4. The molecular weight excluding hydrogens is 348 g/mol. The van der Waals surface area contributed by atoms with Crippen LogP contribution in [0.1, 0.15) is 0 Å². The normalized spacial score (nSPS) is 10.6. The maximum atomic E-state index is 12.7. The minimum absolute atomic E-state index is 0. The van der Waals surface area contributed by atoms with Gasteiger partial charge in [-0.25, -0.2) is 8.78 Å². The molecule has 0 atom stereocenters. The first-order valence-corrected chi connectivity index (χ1v) is 8.81. The quantitative estimate of drug-likeness (QED) is 0.465. The molecule has 0 bridgehead atoms. The summed E-state index contributed by atoms with van der Waals surface area (Å²) in [6.07, 6.45) is -2.99. The van der Waals surface area contributed by atoms with E-state index >= 15 is 0 Å². The van der Waals surface area contributed by atoms with E-state index in [1.807, 2.05) is 0 Å². The minimum atomic E-state index is -2.99. The molecule has 20 heavy (non-hydrogen) atoms. The third kappa shape index (κ3) is 6.19. The smallest absolute Gasteiger partial charge is 0.496 e. The van der Waals surface area contributed by atoms with E-state index in [1.165, 1.54) is 48.5 Å². The Morgan fingerprint density at radius 3 is 1.30 bits per heavy atom. The van der Waals surface area contributed by atoms with Crippen LogP contribution in [-0.4, -0.2) is 0 Å². The van der Waals surface area contributed by atoms with Crippen molar-refractivity contribution in [2.75, 3.05) is 0 Å². The summed E-state index contributed by atoms with van der Waals surface area (Å²) in [7, 11) is 0. The van der Waals surface area contributed by atoms with Crippen molar-refractivity contribution in [2.24, 2.45) is 0 Å². The fourth-order valence-corrected chi connectivity index (χ4v) is 3.10. The average Bonchev–Trinajstić information content (AvgIpc) is 2.34. The van der Waals surface area contributed by atoms with Crippen molar-refractivity contribution in [3.63, 3.8) is 0 Å². The predicted octanol–water partition coefficient (Wildman–Crippen LogP) is 1.20. The van der Waals surface area contributed by atoms with Gasteiger partial charge >= 0.3 is 51.4 Å². The van der Waals surface area contributed by atoms with Gasteiger partial charge in [-0.05, 0) is 48.5 Å². The van der Waals surface area contributed by atoms with Crippen LogP contribution in [0.3, 0.4) is 0 Å². The predicted molar refractivity (Wildman–Crippen MR) is 75.7 cm³/mol. The van der Waals surface area contributed by atoms with E-state index in [9.17, 15) is 8.78 Å². The van der Waals surface area contributed by atoms with Crippen LogP contribution in [0.2, 0.25) is 0 Å². The molecule has 100 valence electrons. The van der Waals surface area contributed by atoms with Crippen molar-refractivity contribution in [1.82, 2.24) is 0 Å². The molecule has 2 nitrogen and oxygen atoms in total. The number of rotatable bonds is 4. The average molecular weight is 356 g/mol. The second kappa shape index (κ2) is 8.34. The Morgan fingerprint density at radius 2 is 1.00 bits per heavy atom. The summed E-state index contributed by atoms with van der Waals surface area (Å²) in [6.45, 7) is 0. The Balaban J connectivity index is 0.00000200. The van der Waals surface area contributed by atoms with Crippen molar-refractivity contribution in [1.29, 1.82) is 0 Å². The maximum Gasteiger partial charge on any atom is 1.00 e. The van der Waals surface area contributed by atoms with Gasteiger partial charge in [0.05, 0.1) is 0 Å². The summed E-state index contributed by atoms with van der Waals surface area (Å²) in [4.78, 5) is 0. The maximum absolute atomic E-state index is 12.7. The van der Waals surface area contributed by atoms with E-state index in [0.29, 0.717) is 11.5 Å². The van der Waals surface area contributed by atoms with Crippen molar-refractivity contribution >= 4 is 30.6 Å². The zero-order valence-electron chi connectivity index (χ0n) is 10.5. The van der Waals surface area contributed by atoms with E-state index < -0.39 is 6.12 Å². The molecule has 0 unspecified atom stereocenters.